The van der Waals surface area contributed by atoms with Crippen LogP contribution in [0.4, 0.5) is 11.5 Å². The van der Waals surface area contributed by atoms with Crippen molar-refractivity contribution in [2.24, 2.45) is 0 Å². The molecule has 0 saturated heterocycles. The van der Waals surface area contributed by atoms with Crippen LogP contribution < -0.4 is 5.32 Å². The lowest BCUT2D eigenvalue weighted by Gasteiger charge is -2.05. The zero-order valence-electron chi connectivity index (χ0n) is 9.55. The van der Waals surface area contributed by atoms with Crippen molar-refractivity contribution in [2.45, 2.75) is 0 Å². The van der Waals surface area contributed by atoms with Crippen LogP contribution >= 0.6 is 15.9 Å². The van der Waals surface area contributed by atoms with Crippen molar-refractivity contribution in [1.82, 2.24) is 9.97 Å². The van der Waals surface area contributed by atoms with Crippen molar-refractivity contribution in [2.75, 3.05) is 12.4 Å². The van der Waals surface area contributed by atoms with Crippen molar-refractivity contribution in [1.29, 1.82) is 0 Å². The SMILES string of the molecule is COC(=O)c1cnc(Nc2cccc(Br)c2)cn1. The number of aromatic nitrogens is 2. The van der Waals surface area contributed by atoms with Crippen molar-refractivity contribution in [3.63, 3.8) is 0 Å². The third-order valence-corrected chi connectivity index (χ3v) is 2.64. The number of ether oxygens (including phenoxy) is 1. The Labute approximate surface area is 112 Å². The minimum Gasteiger partial charge on any atom is -0.464 e. The monoisotopic (exact) mass is 307 g/mol. The summed E-state index contributed by atoms with van der Waals surface area (Å²) < 4.78 is 5.51. The molecule has 0 spiro atoms. The van der Waals surface area contributed by atoms with Gasteiger partial charge in [0, 0.05) is 10.2 Å². The van der Waals surface area contributed by atoms with Gasteiger partial charge in [-0.3, -0.25) is 0 Å². The van der Waals surface area contributed by atoms with E-state index in [9.17, 15) is 4.79 Å². The van der Waals surface area contributed by atoms with E-state index >= 15 is 0 Å². The minimum absolute atomic E-state index is 0.178. The normalized spacial score (nSPS) is 9.89. The van der Waals surface area contributed by atoms with E-state index in [2.05, 4.69) is 36.0 Å². The Bertz CT molecular complexity index is 558. The molecule has 0 radical (unpaired) electrons. The number of anilines is 2. The van der Waals surface area contributed by atoms with Crippen LogP contribution in [-0.4, -0.2) is 23.0 Å². The first kappa shape index (κ1) is 12.5. The average molecular weight is 308 g/mol. The summed E-state index contributed by atoms with van der Waals surface area (Å²) in [6, 6.07) is 7.65. The summed E-state index contributed by atoms with van der Waals surface area (Å²) in [6.07, 6.45) is 2.85. The maximum Gasteiger partial charge on any atom is 0.358 e. The van der Waals surface area contributed by atoms with E-state index in [1.165, 1.54) is 19.5 Å². The summed E-state index contributed by atoms with van der Waals surface area (Å²) >= 11 is 3.38. The number of esters is 1. The number of hydrogen-bond acceptors (Lipinski definition) is 5. The van der Waals surface area contributed by atoms with Crippen LogP contribution in [-0.2, 0) is 4.74 Å². The van der Waals surface area contributed by atoms with E-state index in [0.717, 1.165) is 10.2 Å². The Balaban J connectivity index is 2.13. The summed E-state index contributed by atoms with van der Waals surface area (Å²) in [4.78, 5) is 19.2. The summed E-state index contributed by atoms with van der Waals surface area (Å²) in [7, 11) is 1.30. The molecule has 1 heterocycles. The molecular formula is C12H10BrN3O2. The van der Waals surface area contributed by atoms with Crippen molar-refractivity contribution in [3.8, 4) is 0 Å². The zero-order valence-corrected chi connectivity index (χ0v) is 11.1. The maximum atomic E-state index is 11.2. The molecule has 1 aromatic carbocycles. The molecule has 0 aliphatic heterocycles. The molecule has 0 aliphatic carbocycles. The average Bonchev–Trinajstić information content (AvgIpc) is 2.39. The van der Waals surface area contributed by atoms with Crippen LogP contribution in [0.15, 0.2) is 41.1 Å². The Morgan fingerprint density at radius 1 is 1.33 bits per heavy atom. The number of hydrogen-bond donors (Lipinski definition) is 1. The molecular weight excluding hydrogens is 298 g/mol. The molecule has 2 aromatic rings. The number of nitrogens with zero attached hydrogens (tertiary/aromatic N) is 2. The van der Waals surface area contributed by atoms with E-state index in [-0.39, 0.29) is 5.69 Å². The Kier molecular flexibility index (Phi) is 3.88. The molecule has 0 unspecified atom stereocenters. The number of nitrogens with one attached hydrogen (secondary N) is 1. The lowest BCUT2D eigenvalue weighted by atomic mass is 10.3. The number of carbonyl (C=O) groups excluding carboxylic acids is 1. The first-order valence-electron chi connectivity index (χ1n) is 5.12. The third-order valence-electron chi connectivity index (χ3n) is 2.14. The van der Waals surface area contributed by atoms with Gasteiger partial charge in [-0.15, -0.1) is 0 Å². The molecule has 0 aliphatic rings. The molecule has 92 valence electrons. The highest BCUT2D eigenvalue weighted by atomic mass is 79.9. The lowest BCUT2D eigenvalue weighted by Crippen LogP contribution is -2.05. The minimum atomic E-state index is -0.503. The number of benzene rings is 1. The first-order chi connectivity index (χ1) is 8.69. The molecule has 0 saturated carbocycles. The molecule has 0 atom stereocenters. The fourth-order valence-electron chi connectivity index (χ4n) is 1.32. The Hall–Kier alpha value is -1.95. The van der Waals surface area contributed by atoms with Crippen LogP contribution in [0, 0.1) is 0 Å². The van der Waals surface area contributed by atoms with Crippen molar-refractivity contribution < 1.29 is 9.53 Å². The van der Waals surface area contributed by atoms with Gasteiger partial charge in [-0.1, -0.05) is 22.0 Å². The van der Waals surface area contributed by atoms with Gasteiger partial charge in [0.1, 0.15) is 5.82 Å². The predicted molar refractivity (Wildman–Crippen MR) is 70.8 cm³/mol. The molecule has 18 heavy (non-hydrogen) atoms. The topological polar surface area (TPSA) is 64.1 Å². The van der Waals surface area contributed by atoms with Gasteiger partial charge in [-0.2, -0.15) is 0 Å². The smallest absolute Gasteiger partial charge is 0.358 e. The van der Waals surface area contributed by atoms with Gasteiger partial charge in [0.25, 0.3) is 0 Å². The molecule has 0 bridgehead atoms. The van der Waals surface area contributed by atoms with Crippen molar-refractivity contribution >= 4 is 33.4 Å². The van der Waals surface area contributed by atoms with E-state index in [1.54, 1.807) is 0 Å². The third kappa shape index (κ3) is 3.04. The number of carbonyl (C=O) groups is 1. The molecule has 1 aromatic heterocycles. The Morgan fingerprint density at radius 2 is 2.17 bits per heavy atom. The van der Waals surface area contributed by atoms with E-state index in [4.69, 9.17) is 0 Å². The summed E-state index contributed by atoms with van der Waals surface area (Å²) in [5.74, 6) is 0.0530. The van der Waals surface area contributed by atoms with Crippen LogP contribution in [0.3, 0.4) is 0 Å². The van der Waals surface area contributed by atoms with E-state index < -0.39 is 5.97 Å². The highest BCUT2D eigenvalue weighted by Crippen LogP contribution is 2.18. The number of halogens is 1. The van der Waals surface area contributed by atoms with Crippen molar-refractivity contribution in [3.05, 3.63) is 46.8 Å². The second-order valence-corrected chi connectivity index (χ2v) is 4.33. The molecule has 5 nitrogen and oxygen atoms in total. The fraction of sp³-hybridized carbons (Fsp3) is 0.0833. The Morgan fingerprint density at radius 3 is 2.78 bits per heavy atom. The fourth-order valence-corrected chi connectivity index (χ4v) is 1.72. The molecule has 0 amide bonds. The predicted octanol–water partition coefficient (Wildman–Crippen LogP) is 2.77. The van der Waals surface area contributed by atoms with Gasteiger partial charge in [0.05, 0.1) is 19.5 Å². The number of methoxy groups -OCH3 is 1. The van der Waals surface area contributed by atoms with Gasteiger partial charge >= 0.3 is 5.97 Å². The quantitative estimate of drug-likeness (QED) is 0.883. The summed E-state index contributed by atoms with van der Waals surface area (Å²) in [5.41, 5.74) is 1.06. The molecule has 1 N–H and O–H groups in total. The van der Waals surface area contributed by atoms with E-state index in [0.29, 0.717) is 5.82 Å². The van der Waals surface area contributed by atoms with Gasteiger partial charge in [0.2, 0.25) is 0 Å². The van der Waals surface area contributed by atoms with Gasteiger partial charge in [-0.25, -0.2) is 14.8 Å². The molecule has 2 rings (SSSR count). The summed E-state index contributed by atoms with van der Waals surface area (Å²) in [5, 5.41) is 3.07. The number of rotatable bonds is 3. The zero-order chi connectivity index (χ0) is 13.0. The van der Waals surface area contributed by atoms with Crippen LogP contribution in [0.1, 0.15) is 10.5 Å². The molecule has 0 fully saturated rings. The lowest BCUT2D eigenvalue weighted by molar-refractivity contribution is 0.0593. The standard InChI is InChI=1S/C12H10BrN3O2/c1-18-12(17)10-6-15-11(7-14-10)16-9-4-2-3-8(13)5-9/h2-7H,1H3,(H,15,16). The van der Waals surface area contributed by atoms with Crippen LogP contribution in [0.2, 0.25) is 0 Å². The highest BCUT2D eigenvalue weighted by Gasteiger charge is 2.07. The summed E-state index contributed by atoms with van der Waals surface area (Å²) in [6.45, 7) is 0. The van der Waals surface area contributed by atoms with Crippen LogP contribution in [0.5, 0.6) is 0 Å². The second-order valence-electron chi connectivity index (χ2n) is 3.41. The first-order valence-corrected chi connectivity index (χ1v) is 5.91. The van der Waals surface area contributed by atoms with Gasteiger partial charge < -0.3 is 10.1 Å². The maximum absolute atomic E-state index is 11.2. The van der Waals surface area contributed by atoms with Gasteiger partial charge in [-0.05, 0) is 18.2 Å². The largest absolute Gasteiger partial charge is 0.464 e. The highest BCUT2D eigenvalue weighted by molar-refractivity contribution is 9.10. The second kappa shape index (κ2) is 5.59. The van der Waals surface area contributed by atoms with Gasteiger partial charge in [0.15, 0.2) is 5.69 Å². The molecule has 6 heteroatoms. The van der Waals surface area contributed by atoms with Crippen LogP contribution in [0.25, 0.3) is 0 Å². The van der Waals surface area contributed by atoms with E-state index in [1.807, 2.05) is 24.3 Å².